The number of nitrogens with one attached hydrogen (secondary N) is 2. The zero-order chi connectivity index (χ0) is 18.4. The number of carbonyl (C=O) groups excluding carboxylic acids is 1. The molecule has 0 fully saturated rings. The van der Waals surface area contributed by atoms with Crippen LogP contribution in [0.5, 0.6) is 0 Å². The predicted octanol–water partition coefficient (Wildman–Crippen LogP) is 3.67. The van der Waals surface area contributed by atoms with Gasteiger partial charge < -0.3 is 15.4 Å². The van der Waals surface area contributed by atoms with Gasteiger partial charge in [0.1, 0.15) is 0 Å². The smallest absolute Gasteiger partial charge is 0.337 e. The van der Waals surface area contributed by atoms with Crippen molar-refractivity contribution in [2.24, 2.45) is 0 Å². The van der Waals surface area contributed by atoms with Gasteiger partial charge in [-0.1, -0.05) is 23.7 Å². The van der Waals surface area contributed by atoms with E-state index in [4.69, 9.17) is 11.6 Å². The summed E-state index contributed by atoms with van der Waals surface area (Å²) in [5, 5.41) is 14.8. The molecule has 3 aromatic rings. The van der Waals surface area contributed by atoms with Gasteiger partial charge in [0.25, 0.3) is 0 Å². The number of hydrogen-bond donors (Lipinski definition) is 2. The van der Waals surface area contributed by atoms with Crippen molar-refractivity contribution in [1.29, 1.82) is 0 Å². The molecule has 0 aliphatic heterocycles. The van der Waals surface area contributed by atoms with Crippen LogP contribution in [0.25, 0.3) is 0 Å². The molecule has 0 radical (unpaired) electrons. The number of anilines is 3. The molecule has 132 valence electrons. The maximum Gasteiger partial charge on any atom is 0.337 e. The molecule has 0 saturated heterocycles. The fourth-order valence-corrected chi connectivity index (χ4v) is 2.30. The summed E-state index contributed by atoms with van der Waals surface area (Å²) < 4.78 is 4.67. The lowest BCUT2D eigenvalue weighted by Crippen LogP contribution is -2.06. The van der Waals surface area contributed by atoms with Gasteiger partial charge in [-0.15, -0.1) is 5.10 Å². The highest BCUT2D eigenvalue weighted by atomic mass is 35.5. The van der Waals surface area contributed by atoms with Gasteiger partial charge in [-0.05, 0) is 42.0 Å². The Labute approximate surface area is 155 Å². The number of hydrogen-bond acceptors (Lipinski definition) is 7. The second kappa shape index (κ2) is 8.26. The number of methoxy groups -OCH3 is 1. The summed E-state index contributed by atoms with van der Waals surface area (Å²) >= 11 is 5.87. The van der Waals surface area contributed by atoms with Gasteiger partial charge in [-0.25, -0.2) is 4.79 Å². The number of carbonyl (C=O) groups is 1. The van der Waals surface area contributed by atoms with E-state index in [0.29, 0.717) is 28.9 Å². The first-order chi connectivity index (χ1) is 12.6. The van der Waals surface area contributed by atoms with Crippen LogP contribution in [0.1, 0.15) is 15.9 Å². The third-order valence-electron chi connectivity index (χ3n) is 3.50. The van der Waals surface area contributed by atoms with Gasteiger partial charge in [-0.3, -0.25) is 0 Å². The Hall–Kier alpha value is -3.19. The average Bonchev–Trinajstić information content (AvgIpc) is 2.68. The van der Waals surface area contributed by atoms with Gasteiger partial charge in [-0.2, -0.15) is 10.1 Å². The summed E-state index contributed by atoms with van der Waals surface area (Å²) in [7, 11) is 1.35. The Morgan fingerprint density at radius 3 is 2.54 bits per heavy atom. The van der Waals surface area contributed by atoms with Crippen LogP contribution in [-0.4, -0.2) is 28.3 Å². The topological polar surface area (TPSA) is 89.0 Å². The molecule has 2 aromatic carbocycles. The standard InChI is InChI=1S/C18H16ClN5O2/c1-26-17(25)13-4-8-15(9-5-13)22-16-11-21-24-18(23-16)20-10-12-2-6-14(19)7-3-12/h2-9,11H,10H2,1H3,(H2,20,22,23,24). The van der Waals surface area contributed by atoms with Crippen molar-refractivity contribution >= 4 is 35.0 Å². The third-order valence-corrected chi connectivity index (χ3v) is 3.75. The number of aromatic nitrogens is 3. The maximum atomic E-state index is 11.4. The van der Waals surface area contributed by atoms with Crippen molar-refractivity contribution in [2.75, 3.05) is 17.7 Å². The summed E-state index contributed by atoms with van der Waals surface area (Å²) in [6.07, 6.45) is 1.52. The van der Waals surface area contributed by atoms with Crippen molar-refractivity contribution in [2.45, 2.75) is 6.54 Å². The highest BCUT2D eigenvalue weighted by Crippen LogP contribution is 2.16. The Morgan fingerprint density at radius 2 is 1.85 bits per heavy atom. The molecular weight excluding hydrogens is 354 g/mol. The SMILES string of the molecule is COC(=O)c1ccc(Nc2cnnc(NCc3ccc(Cl)cc3)n2)cc1. The zero-order valence-corrected chi connectivity index (χ0v) is 14.7. The first-order valence-electron chi connectivity index (χ1n) is 7.77. The fourth-order valence-electron chi connectivity index (χ4n) is 2.18. The van der Waals surface area contributed by atoms with Crippen LogP contribution in [0.2, 0.25) is 5.02 Å². The molecule has 0 spiro atoms. The third kappa shape index (κ3) is 4.67. The summed E-state index contributed by atoms with van der Waals surface area (Å²) in [4.78, 5) is 15.8. The molecule has 0 unspecified atom stereocenters. The quantitative estimate of drug-likeness (QED) is 0.641. The lowest BCUT2D eigenvalue weighted by Gasteiger charge is -2.08. The number of benzene rings is 2. The van der Waals surface area contributed by atoms with Crippen LogP contribution in [0, 0.1) is 0 Å². The molecule has 8 heteroatoms. The van der Waals surface area contributed by atoms with E-state index >= 15 is 0 Å². The summed E-state index contributed by atoms with van der Waals surface area (Å²) in [5.74, 6) is 0.550. The molecule has 0 aliphatic rings. The van der Waals surface area contributed by atoms with Crippen LogP contribution < -0.4 is 10.6 Å². The van der Waals surface area contributed by atoms with E-state index in [1.807, 2.05) is 24.3 Å². The molecule has 26 heavy (non-hydrogen) atoms. The van der Waals surface area contributed by atoms with Gasteiger partial charge in [0.05, 0.1) is 18.9 Å². The summed E-state index contributed by atoms with van der Waals surface area (Å²) in [6, 6.07) is 14.4. The van der Waals surface area contributed by atoms with Crippen LogP contribution in [0.15, 0.2) is 54.7 Å². The second-order valence-corrected chi connectivity index (χ2v) is 5.78. The highest BCUT2D eigenvalue weighted by molar-refractivity contribution is 6.30. The average molecular weight is 370 g/mol. The Bertz CT molecular complexity index is 885. The van der Waals surface area contributed by atoms with Crippen molar-refractivity contribution < 1.29 is 9.53 Å². The maximum absolute atomic E-state index is 11.4. The highest BCUT2D eigenvalue weighted by Gasteiger charge is 2.05. The van der Waals surface area contributed by atoms with Gasteiger partial charge in [0.2, 0.25) is 5.95 Å². The largest absolute Gasteiger partial charge is 0.465 e. The zero-order valence-electron chi connectivity index (χ0n) is 13.9. The molecule has 0 saturated carbocycles. The lowest BCUT2D eigenvalue weighted by atomic mass is 10.2. The minimum Gasteiger partial charge on any atom is -0.465 e. The first-order valence-corrected chi connectivity index (χ1v) is 8.15. The molecular formula is C18H16ClN5O2. The second-order valence-electron chi connectivity index (χ2n) is 5.34. The van der Waals surface area contributed by atoms with Crippen LogP contribution in [-0.2, 0) is 11.3 Å². The molecule has 0 atom stereocenters. The monoisotopic (exact) mass is 369 g/mol. The van der Waals surface area contributed by atoms with Crippen LogP contribution in [0.4, 0.5) is 17.5 Å². The minimum atomic E-state index is -0.381. The Kier molecular flexibility index (Phi) is 5.60. The summed E-state index contributed by atoms with van der Waals surface area (Å²) in [6.45, 7) is 0.552. The van der Waals surface area contributed by atoms with Gasteiger partial charge in [0.15, 0.2) is 5.82 Å². The predicted molar refractivity (Wildman–Crippen MR) is 99.7 cm³/mol. The van der Waals surface area contributed by atoms with Crippen molar-refractivity contribution in [3.05, 3.63) is 70.9 Å². The van der Waals surface area contributed by atoms with E-state index in [1.165, 1.54) is 13.3 Å². The van der Waals surface area contributed by atoms with Crippen molar-refractivity contribution in [1.82, 2.24) is 15.2 Å². The molecule has 1 heterocycles. The minimum absolute atomic E-state index is 0.381. The number of nitrogens with zero attached hydrogens (tertiary/aromatic N) is 3. The molecule has 1 aromatic heterocycles. The van der Waals surface area contributed by atoms with E-state index < -0.39 is 0 Å². The number of ether oxygens (including phenoxy) is 1. The number of esters is 1. The number of rotatable bonds is 6. The van der Waals surface area contributed by atoms with Crippen molar-refractivity contribution in [3.8, 4) is 0 Å². The van der Waals surface area contributed by atoms with Crippen LogP contribution >= 0.6 is 11.6 Å². The Morgan fingerprint density at radius 1 is 1.12 bits per heavy atom. The van der Waals surface area contributed by atoms with E-state index in [1.54, 1.807) is 24.3 Å². The van der Waals surface area contributed by atoms with E-state index in [9.17, 15) is 4.79 Å². The van der Waals surface area contributed by atoms with Crippen LogP contribution in [0.3, 0.4) is 0 Å². The summed E-state index contributed by atoms with van der Waals surface area (Å²) in [5.41, 5.74) is 2.29. The molecule has 0 aliphatic carbocycles. The number of halogens is 1. The van der Waals surface area contributed by atoms with E-state index in [0.717, 1.165) is 11.3 Å². The van der Waals surface area contributed by atoms with Crippen molar-refractivity contribution in [3.63, 3.8) is 0 Å². The molecule has 0 bridgehead atoms. The lowest BCUT2D eigenvalue weighted by molar-refractivity contribution is 0.0601. The van der Waals surface area contributed by atoms with Gasteiger partial charge in [0, 0.05) is 17.3 Å². The Balaban J connectivity index is 1.63. The fraction of sp³-hybridized carbons (Fsp3) is 0.111. The normalized spacial score (nSPS) is 10.2. The van der Waals surface area contributed by atoms with E-state index in [2.05, 4.69) is 30.6 Å². The molecule has 3 rings (SSSR count). The van der Waals surface area contributed by atoms with Gasteiger partial charge >= 0.3 is 5.97 Å². The first kappa shape index (κ1) is 17.6. The van der Waals surface area contributed by atoms with E-state index in [-0.39, 0.29) is 5.97 Å². The molecule has 0 amide bonds. The molecule has 7 nitrogen and oxygen atoms in total. The molecule has 2 N–H and O–H groups in total.